The van der Waals surface area contributed by atoms with Crippen molar-refractivity contribution in [2.24, 2.45) is 10.9 Å². The van der Waals surface area contributed by atoms with Gasteiger partial charge in [0.1, 0.15) is 5.75 Å². The van der Waals surface area contributed by atoms with Crippen molar-refractivity contribution in [1.29, 1.82) is 0 Å². The van der Waals surface area contributed by atoms with Crippen LogP contribution in [0.3, 0.4) is 0 Å². The molecule has 0 saturated heterocycles. The Labute approximate surface area is 175 Å². The Kier molecular flexibility index (Phi) is 10.0. The molecule has 1 heterocycles. The maximum absolute atomic E-state index is 12.5. The van der Waals surface area contributed by atoms with Gasteiger partial charge in [-0.15, -0.1) is 24.0 Å². The minimum atomic E-state index is -2.85. The molecule has 1 atom stereocenters. The van der Waals surface area contributed by atoms with Crippen LogP contribution in [0, 0.1) is 12.8 Å². The molecule has 0 aliphatic carbocycles. The van der Waals surface area contributed by atoms with Gasteiger partial charge in [0.2, 0.25) is 0 Å². The second kappa shape index (κ2) is 11.7. The Bertz CT molecular complexity index is 710. The Morgan fingerprint density at radius 3 is 2.74 bits per heavy atom. The Morgan fingerprint density at radius 1 is 1.33 bits per heavy atom. The lowest BCUT2D eigenvalue weighted by atomic mass is 10.1. The highest BCUT2D eigenvalue weighted by Crippen LogP contribution is 2.21. The van der Waals surface area contributed by atoms with Crippen LogP contribution in [0.15, 0.2) is 41.7 Å². The van der Waals surface area contributed by atoms with Crippen LogP contribution in [0.1, 0.15) is 18.1 Å². The molecule has 0 fully saturated rings. The molecule has 9 heteroatoms. The van der Waals surface area contributed by atoms with Crippen molar-refractivity contribution in [3.05, 3.63) is 47.8 Å². The fraction of sp³-hybridized carbons (Fsp3) is 0.444. The molecule has 1 aromatic carbocycles. The number of alkyl halides is 2. The molecule has 1 unspecified atom stereocenters. The maximum Gasteiger partial charge on any atom is 0.387 e. The zero-order valence-corrected chi connectivity index (χ0v) is 18.0. The van der Waals surface area contributed by atoms with E-state index in [4.69, 9.17) is 0 Å². The lowest BCUT2D eigenvalue weighted by Gasteiger charge is -2.17. The summed E-state index contributed by atoms with van der Waals surface area (Å²) in [6, 6.07) is 7.01. The van der Waals surface area contributed by atoms with Gasteiger partial charge in [-0.2, -0.15) is 13.9 Å². The van der Waals surface area contributed by atoms with E-state index in [9.17, 15) is 8.78 Å². The molecule has 0 amide bonds. The van der Waals surface area contributed by atoms with E-state index in [2.05, 4.69) is 32.4 Å². The van der Waals surface area contributed by atoms with Crippen molar-refractivity contribution in [1.82, 2.24) is 20.4 Å². The third kappa shape index (κ3) is 8.10. The summed E-state index contributed by atoms with van der Waals surface area (Å²) in [7, 11) is 1.67. The molecule has 0 bridgehead atoms. The highest BCUT2D eigenvalue weighted by Gasteiger charge is 2.11. The third-order valence-electron chi connectivity index (χ3n) is 3.78. The monoisotopic (exact) mass is 493 g/mol. The average Bonchev–Trinajstić information content (AvgIpc) is 3.09. The summed E-state index contributed by atoms with van der Waals surface area (Å²) in [6.07, 6.45) is 3.67. The van der Waals surface area contributed by atoms with Gasteiger partial charge in [-0.3, -0.25) is 9.67 Å². The van der Waals surface area contributed by atoms with Crippen LogP contribution in [0.2, 0.25) is 0 Å². The highest BCUT2D eigenvalue weighted by atomic mass is 127. The zero-order valence-electron chi connectivity index (χ0n) is 15.7. The van der Waals surface area contributed by atoms with Crippen molar-refractivity contribution >= 4 is 29.9 Å². The van der Waals surface area contributed by atoms with Crippen LogP contribution < -0.4 is 15.4 Å². The molecule has 2 aromatic rings. The van der Waals surface area contributed by atoms with Crippen molar-refractivity contribution in [3.63, 3.8) is 0 Å². The largest absolute Gasteiger partial charge is 0.434 e. The normalized spacial score (nSPS) is 12.4. The van der Waals surface area contributed by atoms with Gasteiger partial charge in [0.25, 0.3) is 0 Å². The SMILES string of the molecule is CN=C(NCc1cc(C)ccc1OC(F)F)NCC(C)Cn1cccn1.I. The molecule has 0 aliphatic rings. The van der Waals surface area contributed by atoms with E-state index in [0.29, 0.717) is 30.5 Å². The number of benzene rings is 1. The number of hydrogen-bond donors (Lipinski definition) is 2. The van der Waals surface area contributed by atoms with Gasteiger partial charge >= 0.3 is 6.61 Å². The minimum absolute atomic E-state index is 0. The lowest BCUT2D eigenvalue weighted by molar-refractivity contribution is -0.0504. The molecular formula is C18H26F2IN5O. The van der Waals surface area contributed by atoms with Crippen LogP contribution in [-0.4, -0.2) is 35.9 Å². The number of hydrogen-bond acceptors (Lipinski definition) is 3. The van der Waals surface area contributed by atoms with Crippen molar-refractivity contribution in [2.45, 2.75) is 33.5 Å². The Balaban J connectivity index is 0.00000364. The number of nitrogens with zero attached hydrogens (tertiary/aromatic N) is 3. The standard InChI is InChI=1S/C18H25F2N5O.HI/c1-13-5-6-16(26-17(19)20)15(9-13)11-23-18(21-3)22-10-14(2)12-25-8-4-7-24-25;/h4-9,14,17H,10-12H2,1-3H3,(H2,21,22,23);1H. The molecule has 0 saturated carbocycles. The predicted octanol–water partition coefficient (Wildman–Crippen LogP) is 3.41. The van der Waals surface area contributed by atoms with Crippen LogP contribution >= 0.6 is 24.0 Å². The Hall–Kier alpha value is -1.91. The topological polar surface area (TPSA) is 63.5 Å². The molecule has 0 radical (unpaired) electrons. The predicted molar refractivity (Wildman–Crippen MR) is 113 cm³/mol. The van der Waals surface area contributed by atoms with E-state index < -0.39 is 6.61 Å². The molecule has 27 heavy (non-hydrogen) atoms. The number of halogens is 3. The van der Waals surface area contributed by atoms with Gasteiger partial charge in [0, 0.05) is 44.6 Å². The van der Waals surface area contributed by atoms with E-state index in [1.54, 1.807) is 25.4 Å². The molecule has 2 rings (SSSR count). The van der Waals surface area contributed by atoms with Crippen molar-refractivity contribution < 1.29 is 13.5 Å². The quantitative estimate of drug-likeness (QED) is 0.336. The number of aryl methyl sites for hydroxylation is 1. The van der Waals surface area contributed by atoms with E-state index in [1.165, 1.54) is 0 Å². The van der Waals surface area contributed by atoms with Gasteiger partial charge in [-0.05, 0) is 25.0 Å². The first-order valence-corrected chi connectivity index (χ1v) is 8.44. The zero-order chi connectivity index (χ0) is 18.9. The molecule has 0 aliphatic heterocycles. The fourth-order valence-corrected chi connectivity index (χ4v) is 2.52. The maximum atomic E-state index is 12.5. The summed E-state index contributed by atoms with van der Waals surface area (Å²) >= 11 is 0. The van der Waals surface area contributed by atoms with Crippen molar-refractivity contribution in [3.8, 4) is 5.75 Å². The van der Waals surface area contributed by atoms with Gasteiger partial charge in [0.15, 0.2) is 5.96 Å². The third-order valence-corrected chi connectivity index (χ3v) is 3.78. The lowest BCUT2D eigenvalue weighted by Crippen LogP contribution is -2.39. The first-order chi connectivity index (χ1) is 12.5. The van der Waals surface area contributed by atoms with Crippen LogP contribution in [-0.2, 0) is 13.1 Å². The van der Waals surface area contributed by atoms with E-state index in [0.717, 1.165) is 12.1 Å². The minimum Gasteiger partial charge on any atom is -0.434 e. The van der Waals surface area contributed by atoms with Crippen LogP contribution in [0.5, 0.6) is 5.75 Å². The number of nitrogens with one attached hydrogen (secondary N) is 2. The number of aliphatic imine (C=N–C) groups is 1. The van der Waals surface area contributed by atoms with Gasteiger partial charge in [-0.25, -0.2) is 0 Å². The molecular weight excluding hydrogens is 467 g/mol. The molecule has 6 nitrogen and oxygen atoms in total. The van der Waals surface area contributed by atoms with E-state index in [1.807, 2.05) is 29.9 Å². The summed E-state index contributed by atoms with van der Waals surface area (Å²) in [4.78, 5) is 4.17. The second-order valence-corrected chi connectivity index (χ2v) is 6.13. The Morgan fingerprint density at radius 2 is 2.11 bits per heavy atom. The first kappa shape index (κ1) is 23.1. The smallest absolute Gasteiger partial charge is 0.387 e. The second-order valence-electron chi connectivity index (χ2n) is 6.13. The number of ether oxygens (including phenoxy) is 1. The van der Waals surface area contributed by atoms with Gasteiger partial charge in [0.05, 0.1) is 0 Å². The molecule has 0 spiro atoms. The number of guanidine groups is 1. The highest BCUT2D eigenvalue weighted by molar-refractivity contribution is 14.0. The molecule has 150 valence electrons. The van der Waals surface area contributed by atoms with Gasteiger partial charge < -0.3 is 15.4 Å². The summed E-state index contributed by atoms with van der Waals surface area (Å²) in [5, 5.41) is 10.6. The molecule has 2 N–H and O–H groups in total. The number of rotatable bonds is 8. The van der Waals surface area contributed by atoms with Crippen LogP contribution in [0.25, 0.3) is 0 Å². The van der Waals surface area contributed by atoms with E-state index >= 15 is 0 Å². The van der Waals surface area contributed by atoms with Crippen LogP contribution in [0.4, 0.5) is 8.78 Å². The summed E-state index contributed by atoms with van der Waals surface area (Å²) in [5.74, 6) is 1.10. The summed E-state index contributed by atoms with van der Waals surface area (Å²) in [5.41, 5.74) is 1.62. The van der Waals surface area contributed by atoms with Gasteiger partial charge in [-0.1, -0.05) is 24.6 Å². The molecule has 1 aromatic heterocycles. The summed E-state index contributed by atoms with van der Waals surface area (Å²) < 4.78 is 31.5. The summed E-state index contributed by atoms with van der Waals surface area (Å²) in [6.45, 7) is 2.99. The fourth-order valence-electron chi connectivity index (χ4n) is 2.52. The average molecular weight is 493 g/mol. The van der Waals surface area contributed by atoms with E-state index in [-0.39, 0.29) is 29.7 Å². The first-order valence-electron chi connectivity index (χ1n) is 8.44. The number of aromatic nitrogens is 2. The van der Waals surface area contributed by atoms with Crippen molar-refractivity contribution in [2.75, 3.05) is 13.6 Å².